The van der Waals surface area contributed by atoms with E-state index in [1.807, 2.05) is 39.8 Å². The lowest BCUT2D eigenvalue weighted by atomic mass is 9.93. The molecule has 1 atom stereocenters. The Morgan fingerprint density at radius 2 is 1.74 bits per heavy atom. The van der Waals surface area contributed by atoms with E-state index in [2.05, 4.69) is 0 Å². The minimum absolute atomic E-state index is 0.0801. The SMILES string of the molecule is CCOc1cc(C2/C(=C(\O)c3cc(C)cc(Cl)c3OC)C(=O)C(=O)N2c2cccc(C)c2C)ccc1OC. The number of Topliss-reactive ketones (excluding diaryl/α,β-unsaturated/α-hetero) is 1. The lowest BCUT2D eigenvalue weighted by Gasteiger charge is -2.28. The lowest BCUT2D eigenvalue weighted by molar-refractivity contribution is -0.132. The van der Waals surface area contributed by atoms with Crippen molar-refractivity contribution >= 4 is 34.7 Å². The Kier molecular flexibility index (Phi) is 7.69. The van der Waals surface area contributed by atoms with Crippen LogP contribution in [0.25, 0.3) is 5.76 Å². The van der Waals surface area contributed by atoms with Gasteiger partial charge in [0.2, 0.25) is 0 Å². The predicted molar refractivity (Wildman–Crippen MR) is 148 cm³/mol. The molecule has 0 saturated carbocycles. The Bertz CT molecular complexity index is 1460. The van der Waals surface area contributed by atoms with Gasteiger partial charge in [0, 0.05) is 5.69 Å². The average Bonchev–Trinajstić information content (AvgIpc) is 3.15. The summed E-state index contributed by atoms with van der Waals surface area (Å²) in [4.78, 5) is 28.7. The van der Waals surface area contributed by atoms with Crippen LogP contribution in [0.15, 0.2) is 54.1 Å². The third-order valence-electron chi connectivity index (χ3n) is 6.73. The van der Waals surface area contributed by atoms with E-state index in [0.29, 0.717) is 29.4 Å². The molecule has 4 rings (SSSR count). The van der Waals surface area contributed by atoms with Gasteiger partial charge in [0.05, 0.1) is 43.0 Å². The lowest BCUT2D eigenvalue weighted by Crippen LogP contribution is -2.30. The molecule has 38 heavy (non-hydrogen) atoms. The van der Waals surface area contributed by atoms with Crippen molar-refractivity contribution in [3.8, 4) is 17.2 Å². The van der Waals surface area contributed by atoms with E-state index in [4.69, 9.17) is 25.8 Å². The van der Waals surface area contributed by atoms with Gasteiger partial charge in [-0.3, -0.25) is 14.5 Å². The first-order valence-electron chi connectivity index (χ1n) is 12.2. The normalized spacial score (nSPS) is 16.6. The maximum atomic E-state index is 13.6. The molecule has 1 heterocycles. The van der Waals surface area contributed by atoms with E-state index in [0.717, 1.165) is 16.7 Å². The molecule has 3 aromatic rings. The van der Waals surface area contributed by atoms with Crippen molar-refractivity contribution in [3.05, 3.63) is 86.9 Å². The number of hydrogen-bond donors (Lipinski definition) is 1. The number of aliphatic hydroxyl groups excluding tert-OH is 1. The molecule has 1 aliphatic rings. The molecule has 198 valence electrons. The molecule has 1 N–H and O–H groups in total. The van der Waals surface area contributed by atoms with Gasteiger partial charge < -0.3 is 19.3 Å². The second-order valence-corrected chi connectivity index (χ2v) is 9.47. The van der Waals surface area contributed by atoms with Crippen molar-refractivity contribution in [2.45, 2.75) is 33.7 Å². The molecule has 1 amide bonds. The van der Waals surface area contributed by atoms with Gasteiger partial charge in [0.1, 0.15) is 11.5 Å². The Labute approximate surface area is 227 Å². The van der Waals surface area contributed by atoms with Crippen LogP contribution in [-0.2, 0) is 9.59 Å². The minimum Gasteiger partial charge on any atom is -0.507 e. The number of anilines is 1. The monoisotopic (exact) mass is 535 g/mol. The number of carbonyl (C=O) groups is 2. The van der Waals surface area contributed by atoms with Gasteiger partial charge in [-0.1, -0.05) is 29.8 Å². The molecule has 0 aromatic heterocycles. The zero-order valence-corrected chi connectivity index (χ0v) is 23.0. The Hall–Kier alpha value is -3.97. The summed E-state index contributed by atoms with van der Waals surface area (Å²) < 4.78 is 16.7. The van der Waals surface area contributed by atoms with Crippen LogP contribution in [-0.4, -0.2) is 37.6 Å². The number of methoxy groups -OCH3 is 2. The number of carbonyl (C=O) groups excluding carboxylic acids is 2. The number of ether oxygens (including phenoxy) is 3. The molecule has 1 saturated heterocycles. The van der Waals surface area contributed by atoms with Crippen molar-refractivity contribution in [1.82, 2.24) is 0 Å². The van der Waals surface area contributed by atoms with Crippen LogP contribution in [0, 0.1) is 20.8 Å². The van der Waals surface area contributed by atoms with E-state index in [-0.39, 0.29) is 27.7 Å². The number of hydrogen-bond acceptors (Lipinski definition) is 6. The van der Waals surface area contributed by atoms with Crippen LogP contribution in [0.2, 0.25) is 5.02 Å². The molecular formula is C30H30ClNO6. The molecule has 8 heteroatoms. The third-order valence-corrected chi connectivity index (χ3v) is 7.01. The highest BCUT2D eigenvalue weighted by atomic mass is 35.5. The van der Waals surface area contributed by atoms with E-state index in [1.165, 1.54) is 19.1 Å². The second kappa shape index (κ2) is 10.8. The summed E-state index contributed by atoms with van der Waals surface area (Å²) in [5, 5.41) is 11.9. The first kappa shape index (κ1) is 27.1. The maximum absolute atomic E-state index is 13.6. The van der Waals surface area contributed by atoms with E-state index in [9.17, 15) is 14.7 Å². The van der Waals surface area contributed by atoms with E-state index in [1.54, 1.807) is 36.4 Å². The number of halogens is 1. The zero-order valence-electron chi connectivity index (χ0n) is 22.2. The van der Waals surface area contributed by atoms with E-state index < -0.39 is 17.7 Å². The Morgan fingerprint density at radius 3 is 2.39 bits per heavy atom. The highest BCUT2D eigenvalue weighted by Gasteiger charge is 2.48. The number of amides is 1. The largest absolute Gasteiger partial charge is 0.507 e. The minimum atomic E-state index is -0.954. The third kappa shape index (κ3) is 4.58. The standard InChI is InChI=1S/C30H30ClNO6/c1-7-38-24-15-19(11-12-23(24)36-5)26-25(27(33)20-13-16(2)14-21(31)29(20)37-6)28(34)30(35)32(26)22-10-8-9-17(3)18(22)4/h8-15,26,33H,7H2,1-6H3/b27-25+. The molecular weight excluding hydrogens is 506 g/mol. The second-order valence-electron chi connectivity index (χ2n) is 9.06. The van der Waals surface area contributed by atoms with Gasteiger partial charge in [-0.25, -0.2) is 0 Å². The van der Waals surface area contributed by atoms with Crippen LogP contribution in [0.1, 0.15) is 40.8 Å². The molecule has 0 aliphatic carbocycles. The number of benzene rings is 3. The summed E-state index contributed by atoms with van der Waals surface area (Å²) in [6.07, 6.45) is 0. The van der Waals surface area contributed by atoms with Crippen molar-refractivity contribution < 1.29 is 28.9 Å². The molecule has 0 bridgehead atoms. The van der Waals surface area contributed by atoms with Crippen molar-refractivity contribution in [3.63, 3.8) is 0 Å². The highest BCUT2D eigenvalue weighted by molar-refractivity contribution is 6.52. The van der Waals surface area contributed by atoms with Crippen molar-refractivity contribution in [1.29, 1.82) is 0 Å². The topological polar surface area (TPSA) is 85.3 Å². The summed E-state index contributed by atoms with van der Waals surface area (Å²) in [6, 6.07) is 13.2. The summed E-state index contributed by atoms with van der Waals surface area (Å²) in [6.45, 7) is 7.87. The molecule has 3 aromatic carbocycles. The fraction of sp³-hybridized carbons (Fsp3) is 0.267. The van der Waals surface area contributed by atoms with Crippen LogP contribution >= 0.6 is 11.6 Å². The number of aliphatic hydroxyl groups is 1. The van der Waals surface area contributed by atoms with Gasteiger partial charge in [-0.15, -0.1) is 0 Å². The van der Waals surface area contributed by atoms with Gasteiger partial charge >= 0.3 is 0 Å². The fourth-order valence-electron chi connectivity index (χ4n) is 4.78. The Balaban J connectivity index is 2.06. The molecule has 1 fully saturated rings. The average molecular weight is 536 g/mol. The summed E-state index contributed by atoms with van der Waals surface area (Å²) in [5.41, 5.74) is 3.83. The van der Waals surface area contributed by atoms with Crippen molar-refractivity contribution in [2.75, 3.05) is 25.7 Å². The number of aryl methyl sites for hydroxylation is 2. The molecule has 0 spiro atoms. The fourth-order valence-corrected chi connectivity index (χ4v) is 5.13. The Morgan fingerprint density at radius 1 is 1.00 bits per heavy atom. The van der Waals surface area contributed by atoms with Gasteiger partial charge in [-0.2, -0.15) is 0 Å². The number of nitrogens with zero attached hydrogens (tertiary/aromatic N) is 1. The molecule has 1 unspecified atom stereocenters. The van der Waals surface area contributed by atoms with E-state index >= 15 is 0 Å². The molecule has 7 nitrogen and oxygen atoms in total. The smallest absolute Gasteiger partial charge is 0.300 e. The molecule has 1 aliphatic heterocycles. The summed E-state index contributed by atoms with van der Waals surface area (Å²) in [7, 11) is 2.96. The van der Waals surface area contributed by atoms with Crippen LogP contribution in [0.3, 0.4) is 0 Å². The highest BCUT2D eigenvalue weighted by Crippen LogP contribution is 2.46. The van der Waals surface area contributed by atoms with Gasteiger partial charge in [0.25, 0.3) is 11.7 Å². The van der Waals surface area contributed by atoms with Crippen LogP contribution in [0.5, 0.6) is 17.2 Å². The first-order valence-corrected chi connectivity index (χ1v) is 12.5. The first-order chi connectivity index (χ1) is 18.1. The predicted octanol–water partition coefficient (Wildman–Crippen LogP) is 6.31. The van der Waals surface area contributed by atoms with Crippen molar-refractivity contribution in [2.24, 2.45) is 0 Å². The van der Waals surface area contributed by atoms with Crippen LogP contribution in [0.4, 0.5) is 5.69 Å². The maximum Gasteiger partial charge on any atom is 0.300 e. The summed E-state index contributed by atoms with van der Waals surface area (Å²) in [5.74, 6) is -0.783. The zero-order chi connectivity index (χ0) is 27.7. The molecule has 0 radical (unpaired) electrons. The number of rotatable bonds is 7. The van der Waals surface area contributed by atoms with Gasteiger partial charge in [0.15, 0.2) is 11.5 Å². The van der Waals surface area contributed by atoms with Gasteiger partial charge in [-0.05, 0) is 80.3 Å². The van der Waals surface area contributed by atoms with Crippen LogP contribution < -0.4 is 19.1 Å². The summed E-state index contributed by atoms with van der Waals surface area (Å²) >= 11 is 6.40. The quantitative estimate of drug-likeness (QED) is 0.217. The number of ketones is 1.